The maximum absolute atomic E-state index is 13.4. The van der Waals surface area contributed by atoms with Crippen LogP contribution >= 0.6 is 11.6 Å². The molecule has 3 aliphatic rings. The zero-order valence-corrected chi connectivity index (χ0v) is 15.3. The zero-order valence-electron chi connectivity index (χ0n) is 14.6. The molecule has 2 heterocycles. The van der Waals surface area contributed by atoms with Crippen LogP contribution in [0.15, 0.2) is 24.3 Å². The lowest BCUT2D eigenvalue weighted by atomic mass is 9.83. The second-order valence-corrected chi connectivity index (χ2v) is 7.94. The average molecular weight is 364 g/mol. The maximum Gasteiger partial charge on any atom is 0.230 e. The van der Waals surface area contributed by atoms with E-state index in [1.807, 2.05) is 29.2 Å². The Bertz CT molecular complexity index is 596. The summed E-state index contributed by atoms with van der Waals surface area (Å²) in [6.07, 6.45) is 6.29. The highest BCUT2D eigenvalue weighted by Gasteiger charge is 2.43. The lowest BCUT2D eigenvalue weighted by Crippen LogP contribution is -2.49. The van der Waals surface area contributed by atoms with Gasteiger partial charge in [-0.2, -0.15) is 0 Å². The molecular weight excluding hydrogens is 338 g/mol. The smallest absolute Gasteiger partial charge is 0.230 e. The van der Waals surface area contributed by atoms with Crippen molar-refractivity contribution >= 4 is 17.5 Å². The molecular formula is C20H26ClNO3. The van der Waals surface area contributed by atoms with Crippen LogP contribution in [0.5, 0.6) is 0 Å². The van der Waals surface area contributed by atoms with E-state index in [0.29, 0.717) is 19.1 Å². The summed E-state index contributed by atoms with van der Waals surface area (Å²) in [6, 6.07) is 7.85. The summed E-state index contributed by atoms with van der Waals surface area (Å²) in [7, 11) is 0. The Morgan fingerprint density at radius 1 is 1.08 bits per heavy atom. The van der Waals surface area contributed by atoms with Crippen molar-refractivity contribution < 1.29 is 14.3 Å². The van der Waals surface area contributed by atoms with Crippen LogP contribution in [0.4, 0.5) is 0 Å². The van der Waals surface area contributed by atoms with Crippen molar-refractivity contribution in [3.8, 4) is 0 Å². The molecule has 2 saturated heterocycles. The van der Waals surface area contributed by atoms with Gasteiger partial charge < -0.3 is 14.4 Å². The van der Waals surface area contributed by atoms with Gasteiger partial charge in [-0.1, -0.05) is 36.6 Å². The molecule has 3 fully saturated rings. The number of nitrogens with zero attached hydrogens (tertiary/aromatic N) is 1. The van der Waals surface area contributed by atoms with Gasteiger partial charge >= 0.3 is 0 Å². The largest absolute Gasteiger partial charge is 0.347 e. The number of carbonyl (C=O) groups is 1. The van der Waals surface area contributed by atoms with E-state index in [4.69, 9.17) is 21.1 Å². The minimum Gasteiger partial charge on any atom is -0.347 e. The standard InChI is InChI=1S/C20H26ClNO3/c21-17-7-5-16(6-8-17)18(15-3-1-2-4-15)19(23)22-11-9-20(10-12-22)24-13-14-25-20/h5-8,15,18H,1-4,9-14H2. The minimum absolute atomic E-state index is 0.0424. The summed E-state index contributed by atoms with van der Waals surface area (Å²) in [6.45, 7) is 2.78. The first-order valence-electron chi connectivity index (χ1n) is 9.49. The Morgan fingerprint density at radius 3 is 2.28 bits per heavy atom. The molecule has 1 spiro atoms. The molecule has 1 aliphatic carbocycles. The molecule has 25 heavy (non-hydrogen) atoms. The molecule has 2 aliphatic heterocycles. The van der Waals surface area contributed by atoms with Crippen LogP contribution in [0.3, 0.4) is 0 Å². The molecule has 1 unspecified atom stereocenters. The molecule has 0 N–H and O–H groups in total. The summed E-state index contributed by atoms with van der Waals surface area (Å²) < 4.78 is 11.6. The predicted octanol–water partition coefficient (Wildman–Crippen LogP) is 3.98. The third kappa shape index (κ3) is 3.57. The lowest BCUT2D eigenvalue weighted by molar-refractivity contribution is -0.188. The van der Waals surface area contributed by atoms with Crippen LogP contribution in [-0.2, 0) is 14.3 Å². The average Bonchev–Trinajstić information content (AvgIpc) is 3.30. The summed E-state index contributed by atoms with van der Waals surface area (Å²) in [4.78, 5) is 15.4. The summed E-state index contributed by atoms with van der Waals surface area (Å²) in [5.41, 5.74) is 1.11. The second kappa shape index (κ2) is 7.26. The minimum atomic E-state index is -0.431. The van der Waals surface area contributed by atoms with Crippen molar-refractivity contribution in [2.75, 3.05) is 26.3 Å². The van der Waals surface area contributed by atoms with E-state index in [-0.39, 0.29) is 11.8 Å². The third-order valence-corrected chi connectivity index (χ3v) is 6.27. The number of halogens is 1. The number of piperidine rings is 1. The highest BCUT2D eigenvalue weighted by atomic mass is 35.5. The molecule has 1 saturated carbocycles. The number of benzene rings is 1. The summed E-state index contributed by atoms with van der Waals surface area (Å²) in [5, 5.41) is 0.719. The molecule has 0 bridgehead atoms. The molecule has 1 aromatic carbocycles. The van der Waals surface area contributed by atoms with Crippen molar-refractivity contribution in [1.29, 1.82) is 0 Å². The van der Waals surface area contributed by atoms with E-state index >= 15 is 0 Å². The van der Waals surface area contributed by atoms with Crippen molar-refractivity contribution in [1.82, 2.24) is 4.90 Å². The molecule has 5 heteroatoms. The number of hydrogen-bond acceptors (Lipinski definition) is 3. The number of carbonyl (C=O) groups excluding carboxylic acids is 1. The quantitative estimate of drug-likeness (QED) is 0.815. The van der Waals surface area contributed by atoms with Gasteiger partial charge in [-0.3, -0.25) is 4.79 Å². The first-order valence-corrected chi connectivity index (χ1v) is 9.87. The van der Waals surface area contributed by atoms with Gasteiger partial charge in [0, 0.05) is 31.0 Å². The van der Waals surface area contributed by atoms with Gasteiger partial charge in [0.1, 0.15) is 0 Å². The van der Waals surface area contributed by atoms with Crippen LogP contribution in [-0.4, -0.2) is 42.9 Å². The van der Waals surface area contributed by atoms with Gasteiger partial charge in [-0.05, 0) is 36.5 Å². The topological polar surface area (TPSA) is 38.8 Å². The van der Waals surface area contributed by atoms with Crippen LogP contribution in [0, 0.1) is 5.92 Å². The van der Waals surface area contributed by atoms with Crippen molar-refractivity contribution in [2.24, 2.45) is 5.92 Å². The Balaban J connectivity index is 1.50. The van der Waals surface area contributed by atoms with Gasteiger partial charge in [0.2, 0.25) is 5.91 Å². The molecule has 4 nitrogen and oxygen atoms in total. The van der Waals surface area contributed by atoms with Gasteiger partial charge in [0.25, 0.3) is 0 Å². The SMILES string of the molecule is O=C(C(c1ccc(Cl)cc1)C1CCCC1)N1CCC2(CC1)OCCO2. The first-order chi connectivity index (χ1) is 12.2. The molecule has 1 atom stereocenters. The monoisotopic (exact) mass is 363 g/mol. The van der Waals surface area contributed by atoms with E-state index in [1.165, 1.54) is 12.8 Å². The van der Waals surface area contributed by atoms with E-state index in [2.05, 4.69) is 0 Å². The molecule has 4 rings (SSSR count). The molecule has 1 amide bonds. The highest BCUT2D eigenvalue weighted by molar-refractivity contribution is 6.30. The maximum atomic E-state index is 13.4. The van der Waals surface area contributed by atoms with Gasteiger partial charge in [0.15, 0.2) is 5.79 Å². The van der Waals surface area contributed by atoms with Gasteiger partial charge in [-0.25, -0.2) is 0 Å². The fraction of sp³-hybridized carbons (Fsp3) is 0.650. The Kier molecular flexibility index (Phi) is 5.03. The third-order valence-electron chi connectivity index (χ3n) is 6.02. The van der Waals surface area contributed by atoms with Crippen LogP contribution < -0.4 is 0 Å². The van der Waals surface area contributed by atoms with E-state index < -0.39 is 5.79 Å². The van der Waals surface area contributed by atoms with Gasteiger partial charge in [-0.15, -0.1) is 0 Å². The summed E-state index contributed by atoms with van der Waals surface area (Å²) >= 11 is 6.05. The Labute approximate surface area is 154 Å². The first kappa shape index (κ1) is 17.3. The predicted molar refractivity (Wildman–Crippen MR) is 96.6 cm³/mol. The number of ether oxygens (including phenoxy) is 2. The fourth-order valence-corrected chi connectivity index (χ4v) is 4.75. The van der Waals surface area contributed by atoms with Crippen molar-refractivity contribution in [3.63, 3.8) is 0 Å². The Morgan fingerprint density at radius 2 is 1.68 bits per heavy atom. The highest BCUT2D eigenvalue weighted by Crippen LogP contribution is 2.40. The molecule has 0 aromatic heterocycles. The number of amides is 1. The normalized spacial score (nSPS) is 24.8. The second-order valence-electron chi connectivity index (χ2n) is 7.51. The fourth-order valence-electron chi connectivity index (χ4n) is 4.63. The number of likely N-dealkylation sites (tertiary alicyclic amines) is 1. The molecule has 1 aromatic rings. The van der Waals surface area contributed by atoms with Gasteiger partial charge in [0.05, 0.1) is 19.1 Å². The van der Waals surface area contributed by atoms with Crippen molar-refractivity contribution in [3.05, 3.63) is 34.9 Å². The number of rotatable bonds is 3. The van der Waals surface area contributed by atoms with Crippen molar-refractivity contribution in [2.45, 2.75) is 50.2 Å². The van der Waals surface area contributed by atoms with Crippen LogP contribution in [0.25, 0.3) is 0 Å². The van der Waals surface area contributed by atoms with E-state index in [9.17, 15) is 4.79 Å². The van der Waals surface area contributed by atoms with Crippen LogP contribution in [0.1, 0.15) is 50.0 Å². The number of hydrogen-bond donors (Lipinski definition) is 0. The lowest BCUT2D eigenvalue weighted by Gasteiger charge is -2.39. The molecule has 0 radical (unpaired) electrons. The van der Waals surface area contributed by atoms with E-state index in [0.717, 1.165) is 49.4 Å². The zero-order chi connectivity index (χ0) is 17.3. The Hall–Kier alpha value is -1.10. The van der Waals surface area contributed by atoms with E-state index in [1.54, 1.807) is 0 Å². The summed E-state index contributed by atoms with van der Waals surface area (Å²) in [5.74, 6) is 0.241. The molecule has 136 valence electrons. The van der Waals surface area contributed by atoms with Crippen LogP contribution in [0.2, 0.25) is 5.02 Å².